The van der Waals surface area contributed by atoms with E-state index in [0.29, 0.717) is 56.1 Å². The van der Waals surface area contributed by atoms with Gasteiger partial charge in [0.2, 0.25) is 0 Å². The highest BCUT2D eigenvalue weighted by molar-refractivity contribution is 5.98. The number of carbonyl (C=O) groups excluding carboxylic acids is 6. The molecule has 1 saturated heterocycles. The number of oxime groups is 1. The summed E-state index contributed by atoms with van der Waals surface area (Å²) >= 11 is 0. The molecule has 0 aromatic carbocycles. The summed E-state index contributed by atoms with van der Waals surface area (Å²) in [5, 5.41) is 6.29. The Morgan fingerprint density at radius 1 is 0.787 bits per heavy atom. The molecule has 1 N–H and O–H groups in total. The molecular weight excluding hydrogens is 785 g/mol. The van der Waals surface area contributed by atoms with Crippen LogP contribution in [0.5, 0.6) is 0 Å². The van der Waals surface area contributed by atoms with E-state index in [-0.39, 0.29) is 48.7 Å². The number of nitrogens with zero attached hydrogens (tertiary/aromatic N) is 1. The third-order valence-electron chi connectivity index (χ3n) is 17.9. The van der Waals surface area contributed by atoms with Crippen LogP contribution in [0.4, 0.5) is 4.79 Å². The molecule has 6 bridgehead atoms. The summed E-state index contributed by atoms with van der Waals surface area (Å²) in [5.41, 5.74) is -8.97. The van der Waals surface area contributed by atoms with Crippen LogP contribution in [-0.4, -0.2) is 78.2 Å². The molecule has 8 rings (SSSR count). The summed E-state index contributed by atoms with van der Waals surface area (Å²) in [6.07, 6.45) is 8.25. The normalized spacial score (nSPS) is 35.1. The average molecular weight is 855 g/mol. The lowest BCUT2D eigenvalue weighted by molar-refractivity contribution is -0.242. The number of nitrogens with one attached hydrogen (secondary N) is 1. The van der Waals surface area contributed by atoms with E-state index < -0.39 is 75.0 Å². The van der Waals surface area contributed by atoms with E-state index in [0.717, 1.165) is 38.5 Å². The minimum Gasteiger partial charge on any atom is -0.463 e. The van der Waals surface area contributed by atoms with Crippen LogP contribution in [0, 0.1) is 63.1 Å². The number of esters is 5. The zero-order valence-corrected chi connectivity index (χ0v) is 38.1. The van der Waals surface area contributed by atoms with Gasteiger partial charge in [-0.25, -0.2) is 4.79 Å². The second-order valence-electron chi connectivity index (χ2n) is 21.4. The fraction of sp³-hybridized carbons (Fsp3) is 0.851. The second kappa shape index (κ2) is 16.1. The lowest BCUT2D eigenvalue weighted by atomic mass is 9.45. The van der Waals surface area contributed by atoms with Gasteiger partial charge < -0.3 is 29.0 Å². The number of carbonyl (C=O) groups is 6. The minimum atomic E-state index is -2.18. The van der Waals surface area contributed by atoms with Gasteiger partial charge in [-0.1, -0.05) is 19.0 Å². The first kappa shape index (κ1) is 45.3. The summed E-state index contributed by atoms with van der Waals surface area (Å²) in [6.45, 7) is 16.4. The first-order valence-electron chi connectivity index (χ1n) is 23.1. The van der Waals surface area contributed by atoms with Gasteiger partial charge in [-0.2, -0.15) is 0 Å². The van der Waals surface area contributed by atoms with Gasteiger partial charge >= 0.3 is 35.9 Å². The zero-order valence-electron chi connectivity index (χ0n) is 38.1. The lowest BCUT2D eigenvalue weighted by Gasteiger charge is -2.61. The summed E-state index contributed by atoms with van der Waals surface area (Å²) < 4.78 is 31.5. The Morgan fingerprint density at radius 3 is 1.97 bits per heavy atom. The van der Waals surface area contributed by atoms with Crippen molar-refractivity contribution >= 4 is 41.7 Å². The van der Waals surface area contributed by atoms with Gasteiger partial charge in [0.05, 0.1) is 39.8 Å². The van der Waals surface area contributed by atoms with E-state index >= 15 is 19.2 Å². The smallest absolute Gasteiger partial charge is 0.433 e. The van der Waals surface area contributed by atoms with Crippen molar-refractivity contribution in [3.8, 4) is 0 Å². The Morgan fingerprint density at radius 2 is 1.38 bits per heavy atom. The second-order valence-corrected chi connectivity index (χ2v) is 21.4. The summed E-state index contributed by atoms with van der Waals surface area (Å²) in [5.74, 6) is -2.53. The summed E-state index contributed by atoms with van der Waals surface area (Å²) in [7, 11) is 0. The fourth-order valence-corrected chi connectivity index (χ4v) is 13.0. The predicted octanol–water partition coefficient (Wildman–Crippen LogP) is 7.62. The molecule has 14 heteroatoms. The molecule has 7 saturated carbocycles. The standard InChI is InChI=1S/C47H70N2O12/c1-11-26(3)49-61-41(55)48-17-18-56-39(53)45(9,42(4,5)37(51)58-34-29-24-32-33(25-29)36(50)57-35(32)34)46(10,43(6,7)38(52)60-47(12-2)15-13-14-16-47)40(54)59-44(8)30-20-27-19-28(22-30)23-31(44)21-27/h27-35H,11-25H2,1-10H3,(H,48,55). The van der Waals surface area contributed by atoms with Crippen molar-refractivity contribution in [2.24, 2.45) is 68.2 Å². The number of hydrogen-bond acceptors (Lipinski definition) is 13. The highest BCUT2D eigenvalue weighted by Crippen LogP contribution is 2.65. The van der Waals surface area contributed by atoms with Crippen LogP contribution < -0.4 is 5.32 Å². The van der Waals surface area contributed by atoms with Crippen LogP contribution in [0.15, 0.2) is 5.16 Å². The molecule has 1 aliphatic heterocycles. The fourth-order valence-electron chi connectivity index (χ4n) is 13.0. The third kappa shape index (κ3) is 7.25. The molecule has 7 unspecified atom stereocenters. The van der Waals surface area contributed by atoms with E-state index in [1.807, 2.05) is 20.8 Å². The number of hydrogen-bond donors (Lipinski definition) is 1. The topological polar surface area (TPSA) is 182 Å². The van der Waals surface area contributed by atoms with Crippen molar-refractivity contribution in [3.05, 3.63) is 0 Å². The van der Waals surface area contributed by atoms with Crippen molar-refractivity contribution in [3.63, 3.8) is 0 Å². The minimum absolute atomic E-state index is 0.0531. The molecule has 0 aromatic rings. The van der Waals surface area contributed by atoms with Gasteiger partial charge in [-0.05, 0) is 163 Å². The Balaban J connectivity index is 1.27. The monoisotopic (exact) mass is 854 g/mol. The molecular formula is C47H70N2O12. The lowest BCUT2D eigenvalue weighted by Crippen LogP contribution is -2.69. The molecule has 340 valence electrons. The van der Waals surface area contributed by atoms with E-state index in [2.05, 4.69) is 10.5 Å². The molecule has 8 aliphatic rings. The Hall–Kier alpha value is -3.71. The molecule has 8 fully saturated rings. The van der Waals surface area contributed by atoms with E-state index in [4.69, 9.17) is 28.5 Å². The van der Waals surface area contributed by atoms with Crippen LogP contribution in [-0.2, 0) is 52.5 Å². The van der Waals surface area contributed by atoms with E-state index in [1.54, 1.807) is 41.5 Å². The molecule has 14 nitrogen and oxygen atoms in total. The number of fused-ring (bicyclic) bond motifs is 1. The third-order valence-corrected chi connectivity index (χ3v) is 17.9. The van der Waals surface area contributed by atoms with Crippen molar-refractivity contribution < 1.29 is 57.3 Å². The quantitative estimate of drug-likeness (QED) is 0.0401. The van der Waals surface area contributed by atoms with Gasteiger partial charge in [0.25, 0.3) is 0 Å². The first-order valence-corrected chi connectivity index (χ1v) is 23.1. The van der Waals surface area contributed by atoms with E-state index in [1.165, 1.54) is 13.3 Å². The van der Waals surface area contributed by atoms with Crippen LogP contribution >= 0.6 is 0 Å². The summed E-state index contributed by atoms with van der Waals surface area (Å²) in [6, 6.07) is 0. The molecule has 7 aliphatic carbocycles. The Bertz CT molecular complexity index is 1790. The molecule has 7 atom stereocenters. The van der Waals surface area contributed by atoms with Crippen LogP contribution in [0.1, 0.15) is 153 Å². The maximum atomic E-state index is 15.8. The highest BCUT2D eigenvalue weighted by atomic mass is 16.7. The Kier molecular flexibility index (Phi) is 12.0. The molecule has 0 spiro atoms. The molecule has 1 heterocycles. The number of amides is 1. The number of rotatable bonds is 16. The number of ether oxygens (including phenoxy) is 5. The highest BCUT2D eigenvalue weighted by Gasteiger charge is 2.75. The van der Waals surface area contributed by atoms with Crippen LogP contribution in [0.25, 0.3) is 0 Å². The molecule has 61 heavy (non-hydrogen) atoms. The Labute approximate surface area is 361 Å². The predicted molar refractivity (Wildman–Crippen MR) is 221 cm³/mol. The summed E-state index contributed by atoms with van der Waals surface area (Å²) in [4.78, 5) is 91.3. The van der Waals surface area contributed by atoms with Gasteiger partial charge in [-0.15, -0.1) is 0 Å². The van der Waals surface area contributed by atoms with Crippen molar-refractivity contribution in [1.29, 1.82) is 0 Å². The largest absolute Gasteiger partial charge is 0.463 e. The van der Waals surface area contributed by atoms with E-state index in [9.17, 15) is 9.59 Å². The first-order chi connectivity index (χ1) is 28.6. The van der Waals surface area contributed by atoms with Gasteiger partial charge in [-0.3, -0.25) is 28.8 Å². The van der Waals surface area contributed by atoms with Gasteiger partial charge in [0, 0.05) is 11.8 Å². The van der Waals surface area contributed by atoms with Crippen molar-refractivity contribution in [2.45, 2.75) is 176 Å². The maximum absolute atomic E-state index is 15.8. The SMILES string of the molecule is CCC(C)=NOC(=O)NCCOC(=O)C(C)(C(C)(C)C(=O)OC1C2CC3C(=O)OC1C3C2)C(C)(C(=O)OC1(C)C2CC3CC(C2)CC1C3)C(C)(C)C(=O)OC1(CC)CCCC1. The van der Waals surface area contributed by atoms with Gasteiger partial charge in [0.15, 0.2) is 0 Å². The van der Waals surface area contributed by atoms with Gasteiger partial charge in [0.1, 0.15) is 30.0 Å². The zero-order chi connectivity index (χ0) is 44.5. The van der Waals surface area contributed by atoms with Crippen molar-refractivity contribution in [1.82, 2.24) is 5.32 Å². The van der Waals surface area contributed by atoms with Crippen LogP contribution in [0.2, 0.25) is 0 Å². The van der Waals surface area contributed by atoms with Crippen LogP contribution in [0.3, 0.4) is 0 Å². The molecule has 0 radical (unpaired) electrons. The average Bonchev–Trinajstić information content (AvgIpc) is 3.99. The molecule has 0 aromatic heterocycles. The molecule has 1 amide bonds. The maximum Gasteiger partial charge on any atom is 0.433 e. The van der Waals surface area contributed by atoms with Crippen molar-refractivity contribution in [2.75, 3.05) is 13.2 Å².